The number of ether oxygens (including phenoxy) is 1. The largest absolute Gasteiger partial charge is 0.378 e. The van der Waals surface area contributed by atoms with Gasteiger partial charge in [-0.1, -0.05) is 53.8 Å². The summed E-state index contributed by atoms with van der Waals surface area (Å²) < 4.78 is 6.50. The summed E-state index contributed by atoms with van der Waals surface area (Å²) in [5.41, 5.74) is 2.09. The number of hydrogen-bond donors (Lipinski definition) is 1. The quantitative estimate of drug-likeness (QED) is 0.753. The van der Waals surface area contributed by atoms with Gasteiger partial charge in [0.15, 0.2) is 5.13 Å². The number of carbonyl (C=O) groups is 1. The Kier molecular flexibility index (Phi) is 5.13. The van der Waals surface area contributed by atoms with Crippen LogP contribution in [0.5, 0.6) is 0 Å². The minimum absolute atomic E-state index is 0.108. The van der Waals surface area contributed by atoms with E-state index in [4.69, 9.17) is 4.74 Å². The van der Waals surface area contributed by atoms with E-state index in [1.165, 1.54) is 0 Å². The Balaban J connectivity index is 1.57. The SMILES string of the molecule is O=C(C(Cc1ccccc1)Nc1nc2ccccc2s1)N1CCOCC1. The number of nitrogens with zero attached hydrogens (tertiary/aromatic N) is 2. The fourth-order valence-electron chi connectivity index (χ4n) is 3.14. The highest BCUT2D eigenvalue weighted by Crippen LogP contribution is 2.26. The van der Waals surface area contributed by atoms with E-state index in [0.717, 1.165) is 20.9 Å². The Morgan fingerprint density at radius 2 is 1.85 bits per heavy atom. The van der Waals surface area contributed by atoms with Crippen LogP contribution in [0.3, 0.4) is 0 Å². The molecule has 4 rings (SSSR count). The molecule has 0 bridgehead atoms. The highest BCUT2D eigenvalue weighted by atomic mass is 32.1. The molecule has 1 amide bonds. The molecule has 1 N–H and O–H groups in total. The third-order valence-electron chi connectivity index (χ3n) is 4.50. The minimum atomic E-state index is -0.337. The molecule has 0 spiro atoms. The molecule has 26 heavy (non-hydrogen) atoms. The minimum Gasteiger partial charge on any atom is -0.378 e. The summed E-state index contributed by atoms with van der Waals surface area (Å²) in [4.78, 5) is 19.6. The molecule has 6 heteroatoms. The van der Waals surface area contributed by atoms with Gasteiger partial charge in [0.05, 0.1) is 23.4 Å². The van der Waals surface area contributed by atoms with Crippen molar-refractivity contribution in [2.75, 3.05) is 31.6 Å². The van der Waals surface area contributed by atoms with Crippen LogP contribution in [-0.4, -0.2) is 48.1 Å². The van der Waals surface area contributed by atoms with Crippen LogP contribution in [-0.2, 0) is 16.0 Å². The Labute approximate surface area is 156 Å². The van der Waals surface area contributed by atoms with Crippen molar-refractivity contribution in [1.82, 2.24) is 9.88 Å². The first-order valence-corrected chi connectivity index (χ1v) is 9.64. The van der Waals surface area contributed by atoms with Gasteiger partial charge in [0.2, 0.25) is 5.91 Å². The predicted octanol–water partition coefficient (Wildman–Crippen LogP) is 3.18. The van der Waals surface area contributed by atoms with Crippen LogP contribution in [0.4, 0.5) is 5.13 Å². The van der Waals surface area contributed by atoms with Gasteiger partial charge in [0.1, 0.15) is 6.04 Å². The van der Waals surface area contributed by atoms with Gasteiger partial charge in [0, 0.05) is 19.5 Å². The van der Waals surface area contributed by atoms with Crippen molar-refractivity contribution >= 4 is 32.6 Å². The molecule has 1 fully saturated rings. The number of hydrogen-bond acceptors (Lipinski definition) is 5. The molecule has 2 aromatic carbocycles. The first-order chi connectivity index (χ1) is 12.8. The number of fused-ring (bicyclic) bond motifs is 1. The van der Waals surface area contributed by atoms with Crippen molar-refractivity contribution in [3.63, 3.8) is 0 Å². The average Bonchev–Trinajstić information content (AvgIpc) is 3.11. The summed E-state index contributed by atoms with van der Waals surface area (Å²) in [5.74, 6) is 0.108. The number of benzene rings is 2. The molecule has 2 heterocycles. The molecule has 134 valence electrons. The molecule has 1 aliphatic rings. The van der Waals surface area contributed by atoms with Crippen molar-refractivity contribution in [3.05, 3.63) is 60.2 Å². The lowest BCUT2D eigenvalue weighted by Crippen LogP contribution is -2.48. The summed E-state index contributed by atoms with van der Waals surface area (Å²) in [6.07, 6.45) is 0.632. The van der Waals surface area contributed by atoms with Gasteiger partial charge in [-0.05, 0) is 17.7 Å². The standard InChI is InChI=1S/C20H21N3O2S/c24-19(23-10-12-25-13-11-23)17(14-15-6-2-1-3-7-15)22-20-21-16-8-4-5-9-18(16)26-20/h1-9,17H,10-14H2,(H,21,22). The van der Waals surface area contributed by atoms with Crippen molar-refractivity contribution in [2.24, 2.45) is 0 Å². The van der Waals surface area contributed by atoms with Gasteiger partial charge in [0.25, 0.3) is 0 Å². The molecule has 1 unspecified atom stereocenters. The molecular weight excluding hydrogens is 346 g/mol. The summed E-state index contributed by atoms with van der Waals surface area (Å²) in [6, 6.07) is 17.8. The van der Waals surface area contributed by atoms with Gasteiger partial charge < -0.3 is 15.0 Å². The Morgan fingerprint density at radius 3 is 2.62 bits per heavy atom. The summed E-state index contributed by atoms with van der Waals surface area (Å²) >= 11 is 1.58. The molecule has 3 aromatic rings. The smallest absolute Gasteiger partial charge is 0.245 e. The zero-order valence-corrected chi connectivity index (χ0v) is 15.2. The predicted molar refractivity (Wildman–Crippen MR) is 105 cm³/mol. The van der Waals surface area contributed by atoms with Crippen LogP contribution in [0, 0.1) is 0 Å². The summed E-state index contributed by atoms with van der Waals surface area (Å²) in [6.45, 7) is 2.49. The molecule has 1 aliphatic heterocycles. The maximum atomic E-state index is 13.1. The van der Waals surface area contributed by atoms with E-state index >= 15 is 0 Å². The van der Waals surface area contributed by atoms with Crippen molar-refractivity contribution < 1.29 is 9.53 Å². The van der Waals surface area contributed by atoms with Crippen LogP contribution in [0.1, 0.15) is 5.56 Å². The maximum absolute atomic E-state index is 13.1. The third kappa shape index (κ3) is 3.86. The zero-order chi connectivity index (χ0) is 17.8. The normalized spacial score (nSPS) is 15.8. The lowest BCUT2D eigenvalue weighted by Gasteiger charge is -2.30. The van der Waals surface area contributed by atoms with Crippen molar-refractivity contribution in [3.8, 4) is 0 Å². The fourth-order valence-corrected chi connectivity index (χ4v) is 4.06. The molecule has 0 saturated carbocycles. The van der Waals surface area contributed by atoms with Crippen LogP contribution in [0.2, 0.25) is 0 Å². The Bertz CT molecular complexity index is 842. The molecule has 5 nitrogen and oxygen atoms in total. The van der Waals surface area contributed by atoms with Crippen LogP contribution in [0.15, 0.2) is 54.6 Å². The second kappa shape index (κ2) is 7.85. The van der Waals surface area contributed by atoms with Gasteiger partial charge in [-0.2, -0.15) is 0 Å². The lowest BCUT2D eigenvalue weighted by atomic mass is 10.0. The molecular formula is C20H21N3O2S. The van der Waals surface area contributed by atoms with E-state index < -0.39 is 0 Å². The van der Waals surface area contributed by atoms with Crippen LogP contribution in [0.25, 0.3) is 10.2 Å². The number of para-hydroxylation sites is 1. The Morgan fingerprint density at radius 1 is 1.12 bits per heavy atom. The van der Waals surface area contributed by atoms with Crippen LogP contribution >= 0.6 is 11.3 Å². The first kappa shape index (κ1) is 17.0. The van der Waals surface area contributed by atoms with E-state index in [0.29, 0.717) is 32.7 Å². The summed E-state index contributed by atoms with van der Waals surface area (Å²) in [5, 5.41) is 4.18. The molecule has 1 atom stereocenters. The lowest BCUT2D eigenvalue weighted by molar-refractivity contribution is -0.136. The number of carbonyl (C=O) groups excluding carboxylic acids is 1. The molecule has 1 aromatic heterocycles. The van der Waals surface area contributed by atoms with Gasteiger partial charge in [-0.15, -0.1) is 0 Å². The zero-order valence-electron chi connectivity index (χ0n) is 14.4. The third-order valence-corrected chi connectivity index (χ3v) is 5.46. The van der Waals surface area contributed by atoms with Crippen LogP contribution < -0.4 is 5.32 Å². The number of rotatable bonds is 5. The first-order valence-electron chi connectivity index (χ1n) is 8.82. The molecule has 1 saturated heterocycles. The van der Waals surface area contributed by atoms with E-state index in [1.54, 1.807) is 11.3 Å². The van der Waals surface area contributed by atoms with Gasteiger partial charge in [-0.3, -0.25) is 4.79 Å². The van der Waals surface area contributed by atoms with Crippen molar-refractivity contribution in [1.29, 1.82) is 0 Å². The average molecular weight is 367 g/mol. The highest BCUT2D eigenvalue weighted by Gasteiger charge is 2.26. The molecule has 0 aliphatic carbocycles. The van der Waals surface area contributed by atoms with E-state index in [-0.39, 0.29) is 11.9 Å². The van der Waals surface area contributed by atoms with E-state index in [9.17, 15) is 4.79 Å². The van der Waals surface area contributed by atoms with Gasteiger partial charge >= 0.3 is 0 Å². The number of anilines is 1. The topological polar surface area (TPSA) is 54.5 Å². The van der Waals surface area contributed by atoms with E-state index in [1.807, 2.05) is 47.4 Å². The van der Waals surface area contributed by atoms with Gasteiger partial charge in [-0.25, -0.2) is 4.98 Å². The number of aromatic nitrogens is 1. The monoisotopic (exact) mass is 367 g/mol. The number of nitrogens with one attached hydrogen (secondary N) is 1. The summed E-state index contributed by atoms with van der Waals surface area (Å²) in [7, 11) is 0. The number of amides is 1. The second-order valence-electron chi connectivity index (χ2n) is 6.31. The van der Waals surface area contributed by atoms with E-state index in [2.05, 4.69) is 22.4 Å². The maximum Gasteiger partial charge on any atom is 0.245 e. The highest BCUT2D eigenvalue weighted by molar-refractivity contribution is 7.22. The fraction of sp³-hybridized carbons (Fsp3) is 0.300. The number of morpholine rings is 1. The molecule has 0 radical (unpaired) electrons. The number of thiazole rings is 1. The van der Waals surface area contributed by atoms with Crippen molar-refractivity contribution in [2.45, 2.75) is 12.5 Å². The second-order valence-corrected chi connectivity index (χ2v) is 7.34. The Hall–Kier alpha value is -2.44.